The minimum absolute atomic E-state index is 0.460. The van der Waals surface area contributed by atoms with E-state index in [4.69, 9.17) is 16.6 Å². The van der Waals surface area contributed by atoms with Gasteiger partial charge in [-0.15, -0.1) is 11.3 Å². The topological polar surface area (TPSA) is 24.9 Å². The zero-order chi connectivity index (χ0) is 16.1. The Morgan fingerprint density at radius 1 is 1.04 bits per heavy atom. The molecule has 0 radical (unpaired) electrons. The van der Waals surface area contributed by atoms with Crippen LogP contribution in [-0.4, -0.2) is 17.1 Å². The molecule has 2 saturated heterocycles. The maximum absolute atomic E-state index is 6.10. The lowest BCUT2D eigenvalue weighted by atomic mass is 9.77. The van der Waals surface area contributed by atoms with E-state index >= 15 is 0 Å². The van der Waals surface area contributed by atoms with Gasteiger partial charge >= 0.3 is 0 Å². The van der Waals surface area contributed by atoms with Crippen LogP contribution in [0.25, 0.3) is 10.2 Å². The van der Waals surface area contributed by atoms with Crippen LogP contribution >= 0.6 is 22.9 Å². The lowest BCUT2D eigenvalue weighted by molar-refractivity contribution is 0.316. The lowest BCUT2D eigenvalue weighted by Crippen LogP contribution is -2.43. The summed E-state index contributed by atoms with van der Waals surface area (Å²) < 4.78 is 1.29. The van der Waals surface area contributed by atoms with Crippen LogP contribution in [0.5, 0.6) is 0 Å². The van der Waals surface area contributed by atoms with Gasteiger partial charge in [0.15, 0.2) is 0 Å². The molecular formula is C20H19ClN2S. The Bertz CT molecular complexity index is 840. The SMILES string of the molecule is Clc1ccc(C2CC3CCC(N3)C2c2nc3ccccc3s2)cc1. The van der Waals surface area contributed by atoms with Crippen LogP contribution in [0.2, 0.25) is 5.02 Å². The molecule has 1 N–H and O–H groups in total. The van der Waals surface area contributed by atoms with Gasteiger partial charge in [-0.25, -0.2) is 4.98 Å². The highest BCUT2D eigenvalue weighted by Gasteiger charge is 2.44. The van der Waals surface area contributed by atoms with Gasteiger partial charge in [0.25, 0.3) is 0 Å². The number of piperidine rings is 1. The van der Waals surface area contributed by atoms with Gasteiger partial charge in [0.2, 0.25) is 0 Å². The number of hydrogen-bond donors (Lipinski definition) is 1. The summed E-state index contributed by atoms with van der Waals surface area (Å²) in [5.41, 5.74) is 2.54. The zero-order valence-electron chi connectivity index (χ0n) is 13.3. The van der Waals surface area contributed by atoms with Crippen molar-refractivity contribution in [2.75, 3.05) is 0 Å². The molecule has 4 heteroatoms. The van der Waals surface area contributed by atoms with Crippen molar-refractivity contribution in [3.63, 3.8) is 0 Å². The maximum atomic E-state index is 6.10. The molecule has 0 amide bonds. The summed E-state index contributed by atoms with van der Waals surface area (Å²) in [5, 5.41) is 5.93. The Balaban J connectivity index is 1.60. The Kier molecular flexibility index (Phi) is 3.62. The molecule has 24 heavy (non-hydrogen) atoms. The molecule has 3 aromatic rings. The van der Waals surface area contributed by atoms with Gasteiger partial charge in [0, 0.05) is 23.0 Å². The smallest absolute Gasteiger partial charge is 0.0991 e. The Labute approximate surface area is 150 Å². The van der Waals surface area contributed by atoms with Crippen LogP contribution in [0.1, 0.15) is 41.7 Å². The van der Waals surface area contributed by atoms with E-state index in [0.717, 1.165) is 10.5 Å². The van der Waals surface area contributed by atoms with Gasteiger partial charge in [-0.2, -0.15) is 0 Å². The summed E-state index contributed by atoms with van der Waals surface area (Å²) in [4.78, 5) is 5.00. The van der Waals surface area contributed by atoms with E-state index in [-0.39, 0.29) is 0 Å². The number of halogens is 1. The van der Waals surface area contributed by atoms with Gasteiger partial charge in [0.05, 0.1) is 15.2 Å². The highest BCUT2D eigenvalue weighted by Crippen LogP contribution is 2.48. The first-order chi connectivity index (χ1) is 11.8. The van der Waals surface area contributed by atoms with Crippen LogP contribution in [0.4, 0.5) is 0 Å². The van der Waals surface area contributed by atoms with Crippen molar-refractivity contribution >= 4 is 33.2 Å². The van der Waals surface area contributed by atoms with E-state index in [1.54, 1.807) is 0 Å². The van der Waals surface area contributed by atoms with Crippen LogP contribution in [0, 0.1) is 0 Å². The molecule has 2 bridgehead atoms. The molecule has 2 aliphatic rings. The third-order valence-corrected chi connectivity index (χ3v) is 6.96. The molecule has 2 fully saturated rings. The van der Waals surface area contributed by atoms with Gasteiger partial charge in [-0.3, -0.25) is 0 Å². The Hall–Kier alpha value is -1.42. The second-order valence-corrected chi connectivity index (χ2v) is 8.49. The van der Waals surface area contributed by atoms with E-state index in [1.165, 1.54) is 34.5 Å². The zero-order valence-corrected chi connectivity index (χ0v) is 14.9. The van der Waals surface area contributed by atoms with Gasteiger partial charge < -0.3 is 5.32 Å². The van der Waals surface area contributed by atoms with Crippen molar-refractivity contribution in [2.45, 2.75) is 43.2 Å². The highest BCUT2D eigenvalue weighted by atomic mass is 35.5. The third-order valence-electron chi connectivity index (χ3n) is 5.58. The van der Waals surface area contributed by atoms with Crippen molar-refractivity contribution in [3.05, 3.63) is 64.1 Å². The summed E-state index contributed by atoms with van der Waals surface area (Å²) >= 11 is 7.97. The Morgan fingerprint density at radius 2 is 1.88 bits per heavy atom. The third kappa shape index (κ3) is 2.46. The van der Waals surface area contributed by atoms with Gasteiger partial charge in [-0.05, 0) is 55.0 Å². The number of nitrogens with zero attached hydrogens (tertiary/aromatic N) is 1. The molecule has 2 nitrogen and oxygen atoms in total. The van der Waals surface area contributed by atoms with Crippen LogP contribution < -0.4 is 5.32 Å². The number of benzene rings is 2. The average Bonchev–Trinajstić information content (AvgIpc) is 3.19. The summed E-state index contributed by atoms with van der Waals surface area (Å²) in [5.74, 6) is 0.990. The molecule has 0 spiro atoms. The summed E-state index contributed by atoms with van der Waals surface area (Å²) in [7, 11) is 0. The fraction of sp³-hybridized carbons (Fsp3) is 0.350. The van der Waals surface area contributed by atoms with Crippen LogP contribution in [0.15, 0.2) is 48.5 Å². The predicted octanol–water partition coefficient (Wildman–Crippen LogP) is 5.34. The second-order valence-electron chi connectivity index (χ2n) is 6.99. The summed E-state index contributed by atoms with van der Waals surface area (Å²) in [6.07, 6.45) is 3.74. The number of hydrogen-bond acceptors (Lipinski definition) is 3. The fourth-order valence-electron chi connectivity index (χ4n) is 4.48. The van der Waals surface area contributed by atoms with Crippen LogP contribution in [-0.2, 0) is 0 Å². The normalized spacial score (nSPS) is 29.2. The Morgan fingerprint density at radius 3 is 2.71 bits per heavy atom. The minimum atomic E-state index is 0.460. The van der Waals surface area contributed by atoms with Crippen molar-refractivity contribution in [3.8, 4) is 0 Å². The quantitative estimate of drug-likeness (QED) is 0.671. The number of nitrogens with one attached hydrogen (secondary N) is 1. The van der Waals surface area contributed by atoms with E-state index in [1.807, 2.05) is 23.5 Å². The van der Waals surface area contributed by atoms with Gasteiger partial charge in [-0.1, -0.05) is 35.9 Å². The molecule has 2 aliphatic heterocycles. The van der Waals surface area contributed by atoms with Crippen LogP contribution in [0.3, 0.4) is 0 Å². The molecule has 122 valence electrons. The molecule has 5 rings (SSSR count). The summed E-state index contributed by atoms with van der Waals surface area (Å²) in [6.45, 7) is 0. The number of thiazole rings is 1. The first kappa shape index (κ1) is 14.9. The van der Waals surface area contributed by atoms with Crippen molar-refractivity contribution < 1.29 is 0 Å². The fourth-order valence-corrected chi connectivity index (χ4v) is 5.81. The molecule has 0 saturated carbocycles. The average molecular weight is 355 g/mol. The molecular weight excluding hydrogens is 336 g/mol. The number of aromatic nitrogens is 1. The van der Waals surface area contributed by atoms with E-state index < -0.39 is 0 Å². The van der Waals surface area contributed by atoms with Gasteiger partial charge in [0.1, 0.15) is 0 Å². The maximum Gasteiger partial charge on any atom is 0.0991 e. The minimum Gasteiger partial charge on any atom is -0.310 e. The molecule has 2 aromatic carbocycles. The highest BCUT2D eigenvalue weighted by molar-refractivity contribution is 7.18. The lowest BCUT2D eigenvalue weighted by Gasteiger charge is -2.37. The van der Waals surface area contributed by atoms with E-state index in [9.17, 15) is 0 Å². The molecule has 3 heterocycles. The van der Waals surface area contributed by atoms with Crippen molar-refractivity contribution in [1.82, 2.24) is 10.3 Å². The molecule has 1 aromatic heterocycles. The van der Waals surface area contributed by atoms with E-state index in [0.29, 0.717) is 23.9 Å². The molecule has 0 aliphatic carbocycles. The number of fused-ring (bicyclic) bond motifs is 3. The van der Waals surface area contributed by atoms with E-state index in [2.05, 4.69) is 41.7 Å². The predicted molar refractivity (Wildman–Crippen MR) is 101 cm³/mol. The second kappa shape index (κ2) is 5.83. The summed E-state index contributed by atoms with van der Waals surface area (Å²) in [6, 6.07) is 18.1. The molecule has 4 unspecified atom stereocenters. The standard InChI is InChI=1S/C20H19ClN2S/c21-13-7-5-12(6-8-13)15-11-14-9-10-17(22-14)19(15)20-23-16-3-1-2-4-18(16)24-20/h1-8,14-15,17,19,22H,9-11H2. The largest absolute Gasteiger partial charge is 0.310 e. The first-order valence-corrected chi connectivity index (χ1v) is 9.84. The van der Waals surface area contributed by atoms with Crippen molar-refractivity contribution in [1.29, 1.82) is 0 Å². The monoisotopic (exact) mass is 354 g/mol. The van der Waals surface area contributed by atoms with Crippen molar-refractivity contribution in [2.24, 2.45) is 0 Å². The number of para-hydroxylation sites is 1. The first-order valence-electron chi connectivity index (χ1n) is 8.65. The number of rotatable bonds is 2. The molecule has 4 atom stereocenters.